The van der Waals surface area contributed by atoms with Crippen LogP contribution < -0.4 is 5.32 Å². The number of hydrogen-bond donors (Lipinski definition) is 1. The van der Waals surface area contributed by atoms with Crippen molar-refractivity contribution < 1.29 is 9.21 Å². The summed E-state index contributed by atoms with van der Waals surface area (Å²) in [6.45, 7) is 4.31. The third-order valence-corrected chi connectivity index (χ3v) is 1.83. The van der Waals surface area contributed by atoms with Gasteiger partial charge in [-0.05, 0) is 18.1 Å². The second-order valence-corrected chi connectivity index (χ2v) is 3.33. The Morgan fingerprint density at radius 3 is 3.00 bits per heavy atom. The maximum absolute atomic E-state index is 10.6. The van der Waals surface area contributed by atoms with Gasteiger partial charge in [0.1, 0.15) is 5.76 Å². The highest BCUT2D eigenvalue weighted by Gasteiger charge is 2.05. The third kappa shape index (κ3) is 3.78. The molecule has 1 unspecified atom stereocenters. The Labute approximate surface area is 78.1 Å². The van der Waals surface area contributed by atoms with Gasteiger partial charge in [-0.1, -0.05) is 6.92 Å². The first kappa shape index (κ1) is 9.84. The molecule has 1 rings (SSSR count). The van der Waals surface area contributed by atoms with Crippen LogP contribution >= 0.6 is 0 Å². The minimum absolute atomic E-state index is 0.0197. The molecule has 0 bridgehead atoms. The topological polar surface area (TPSA) is 42.2 Å². The van der Waals surface area contributed by atoms with E-state index < -0.39 is 0 Å². The Hall–Kier alpha value is -1.25. The van der Waals surface area contributed by atoms with E-state index >= 15 is 0 Å². The van der Waals surface area contributed by atoms with Gasteiger partial charge in [0.2, 0.25) is 5.91 Å². The molecule has 1 aromatic heterocycles. The molecule has 0 saturated carbocycles. The van der Waals surface area contributed by atoms with Crippen molar-refractivity contribution in [2.24, 2.45) is 5.92 Å². The fourth-order valence-corrected chi connectivity index (χ4v) is 1.16. The molecule has 0 aliphatic heterocycles. The Balaban J connectivity index is 2.25. The van der Waals surface area contributed by atoms with Crippen LogP contribution in [-0.4, -0.2) is 12.5 Å². The number of furan rings is 1. The molecule has 3 heteroatoms. The van der Waals surface area contributed by atoms with Gasteiger partial charge in [0.15, 0.2) is 0 Å². The molecule has 0 fully saturated rings. The normalized spacial score (nSPS) is 12.5. The van der Waals surface area contributed by atoms with Crippen LogP contribution in [0.5, 0.6) is 0 Å². The zero-order chi connectivity index (χ0) is 9.68. The summed E-state index contributed by atoms with van der Waals surface area (Å²) in [5, 5.41) is 2.78. The smallest absolute Gasteiger partial charge is 0.216 e. The summed E-state index contributed by atoms with van der Waals surface area (Å²) in [5.41, 5.74) is 0. The second-order valence-electron chi connectivity index (χ2n) is 3.33. The van der Waals surface area contributed by atoms with E-state index in [0.29, 0.717) is 12.5 Å². The zero-order valence-electron chi connectivity index (χ0n) is 8.04. The molecule has 0 spiro atoms. The van der Waals surface area contributed by atoms with Crippen LogP contribution in [0.4, 0.5) is 0 Å². The van der Waals surface area contributed by atoms with Crippen LogP contribution in [-0.2, 0) is 11.2 Å². The lowest BCUT2D eigenvalue weighted by Crippen LogP contribution is -2.26. The Bertz CT molecular complexity index is 254. The van der Waals surface area contributed by atoms with E-state index in [9.17, 15) is 4.79 Å². The number of carbonyl (C=O) groups is 1. The summed E-state index contributed by atoms with van der Waals surface area (Å²) in [4.78, 5) is 10.6. The van der Waals surface area contributed by atoms with E-state index in [1.54, 1.807) is 6.26 Å². The first-order valence-corrected chi connectivity index (χ1v) is 4.45. The van der Waals surface area contributed by atoms with Gasteiger partial charge in [0, 0.05) is 19.9 Å². The van der Waals surface area contributed by atoms with Crippen molar-refractivity contribution in [1.82, 2.24) is 5.32 Å². The Kier molecular flexibility index (Phi) is 3.55. The summed E-state index contributed by atoms with van der Waals surface area (Å²) in [5.74, 6) is 1.40. The molecular formula is C10H15NO2. The van der Waals surface area contributed by atoms with Crippen LogP contribution in [0.25, 0.3) is 0 Å². The molecule has 72 valence electrons. The number of rotatable bonds is 4. The SMILES string of the molecule is CC(=O)NCC(C)Cc1ccco1. The first-order valence-electron chi connectivity index (χ1n) is 4.45. The zero-order valence-corrected chi connectivity index (χ0v) is 8.04. The van der Waals surface area contributed by atoms with Crippen molar-refractivity contribution in [3.05, 3.63) is 24.2 Å². The van der Waals surface area contributed by atoms with Crippen LogP contribution in [0, 0.1) is 5.92 Å². The van der Waals surface area contributed by atoms with Crippen molar-refractivity contribution in [3.8, 4) is 0 Å². The summed E-state index contributed by atoms with van der Waals surface area (Å²) < 4.78 is 5.20. The van der Waals surface area contributed by atoms with Gasteiger partial charge in [-0.3, -0.25) is 4.79 Å². The predicted octanol–water partition coefficient (Wildman–Crippen LogP) is 1.59. The van der Waals surface area contributed by atoms with E-state index in [-0.39, 0.29) is 5.91 Å². The summed E-state index contributed by atoms with van der Waals surface area (Å²) >= 11 is 0. The minimum atomic E-state index is 0.0197. The number of nitrogens with one attached hydrogen (secondary N) is 1. The maximum Gasteiger partial charge on any atom is 0.216 e. The highest BCUT2D eigenvalue weighted by molar-refractivity contribution is 5.72. The molecule has 0 aliphatic carbocycles. The lowest BCUT2D eigenvalue weighted by Gasteiger charge is -2.09. The quantitative estimate of drug-likeness (QED) is 0.766. The molecule has 3 nitrogen and oxygen atoms in total. The first-order chi connectivity index (χ1) is 6.18. The number of amides is 1. The van der Waals surface area contributed by atoms with Crippen LogP contribution in [0.1, 0.15) is 19.6 Å². The van der Waals surface area contributed by atoms with Gasteiger partial charge >= 0.3 is 0 Å². The molecule has 1 N–H and O–H groups in total. The van der Waals surface area contributed by atoms with E-state index in [4.69, 9.17) is 4.42 Å². The fourth-order valence-electron chi connectivity index (χ4n) is 1.16. The average molecular weight is 181 g/mol. The van der Waals surface area contributed by atoms with Crippen molar-refractivity contribution >= 4 is 5.91 Å². The van der Waals surface area contributed by atoms with E-state index in [2.05, 4.69) is 12.2 Å². The van der Waals surface area contributed by atoms with Crippen LogP contribution in [0.3, 0.4) is 0 Å². The lowest BCUT2D eigenvalue weighted by molar-refractivity contribution is -0.119. The molecule has 1 heterocycles. The van der Waals surface area contributed by atoms with Crippen molar-refractivity contribution in [1.29, 1.82) is 0 Å². The minimum Gasteiger partial charge on any atom is -0.469 e. The highest BCUT2D eigenvalue weighted by Crippen LogP contribution is 2.07. The molecule has 1 aromatic rings. The fraction of sp³-hybridized carbons (Fsp3) is 0.500. The molecule has 1 amide bonds. The largest absolute Gasteiger partial charge is 0.469 e. The second kappa shape index (κ2) is 4.70. The molecule has 0 saturated heterocycles. The van der Waals surface area contributed by atoms with Gasteiger partial charge < -0.3 is 9.73 Å². The molecule has 1 atom stereocenters. The van der Waals surface area contributed by atoms with E-state index in [1.165, 1.54) is 6.92 Å². The third-order valence-electron chi connectivity index (χ3n) is 1.83. The van der Waals surface area contributed by atoms with Crippen molar-refractivity contribution in [2.75, 3.05) is 6.54 Å². The Morgan fingerprint density at radius 1 is 1.69 bits per heavy atom. The summed E-state index contributed by atoms with van der Waals surface area (Å²) in [6.07, 6.45) is 2.54. The standard InChI is InChI=1S/C10H15NO2/c1-8(7-11-9(2)12)6-10-4-3-5-13-10/h3-5,8H,6-7H2,1-2H3,(H,11,12). The van der Waals surface area contributed by atoms with E-state index in [0.717, 1.165) is 12.2 Å². The van der Waals surface area contributed by atoms with Gasteiger partial charge in [-0.15, -0.1) is 0 Å². The highest BCUT2D eigenvalue weighted by atomic mass is 16.3. The summed E-state index contributed by atoms with van der Waals surface area (Å²) in [6, 6.07) is 3.82. The van der Waals surface area contributed by atoms with Gasteiger partial charge in [0.25, 0.3) is 0 Å². The van der Waals surface area contributed by atoms with Gasteiger partial charge in [-0.25, -0.2) is 0 Å². The molecule has 0 aliphatic rings. The molecular weight excluding hydrogens is 166 g/mol. The van der Waals surface area contributed by atoms with E-state index in [1.807, 2.05) is 12.1 Å². The molecule has 0 radical (unpaired) electrons. The summed E-state index contributed by atoms with van der Waals surface area (Å²) in [7, 11) is 0. The lowest BCUT2D eigenvalue weighted by atomic mass is 10.1. The predicted molar refractivity (Wildman–Crippen MR) is 50.3 cm³/mol. The monoisotopic (exact) mass is 181 g/mol. The number of hydrogen-bond acceptors (Lipinski definition) is 2. The van der Waals surface area contributed by atoms with Gasteiger partial charge in [0.05, 0.1) is 6.26 Å². The molecule has 13 heavy (non-hydrogen) atoms. The maximum atomic E-state index is 10.6. The van der Waals surface area contributed by atoms with Crippen LogP contribution in [0.15, 0.2) is 22.8 Å². The van der Waals surface area contributed by atoms with Crippen LogP contribution in [0.2, 0.25) is 0 Å². The number of carbonyl (C=O) groups excluding carboxylic acids is 1. The van der Waals surface area contributed by atoms with Crippen molar-refractivity contribution in [3.63, 3.8) is 0 Å². The molecule has 0 aromatic carbocycles. The Morgan fingerprint density at radius 2 is 2.46 bits per heavy atom. The van der Waals surface area contributed by atoms with Crippen molar-refractivity contribution in [2.45, 2.75) is 20.3 Å². The van der Waals surface area contributed by atoms with Gasteiger partial charge in [-0.2, -0.15) is 0 Å². The average Bonchev–Trinajstić information content (AvgIpc) is 2.53.